The van der Waals surface area contributed by atoms with E-state index in [-0.39, 0.29) is 0 Å². The van der Waals surface area contributed by atoms with Gasteiger partial charge in [0.05, 0.1) is 17.6 Å². The minimum absolute atomic E-state index is 0.384. The third-order valence-corrected chi connectivity index (χ3v) is 6.61. The van der Waals surface area contributed by atoms with Gasteiger partial charge in [0.25, 0.3) is 0 Å². The molecule has 0 amide bonds. The van der Waals surface area contributed by atoms with Gasteiger partial charge in [-0.05, 0) is 37.8 Å². The Morgan fingerprint density at radius 2 is 2.12 bits per heavy atom. The van der Waals surface area contributed by atoms with E-state index in [4.69, 9.17) is 25.2 Å². The van der Waals surface area contributed by atoms with Crippen LogP contribution in [-0.2, 0) is 13.5 Å². The molecule has 6 heteroatoms. The number of para-hydroxylation sites is 2. The molecule has 1 N–H and O–H groups in total. The Morgan fingerprint density at radius 1 is 1.40 bits per heavy atom. The molecule has 3 aliphatic rings. The standard InChI is InChI=1S/C19H25BN3OS/c1-22-17-5-3-2-4-16(17)21-18(22)12-15(25)6-9-19(24)13-23(20)10-7-14(19)8-11-23/h2-5,14,24H,6-13H2,1H3. The van der Waals surface area contributed by atoms with E-state index in [0.717, 1.165) is 60.5 Å². The molecule has 2 bridgehead atoms. The number of quaternary nitrogens is 1. The molecule has 1 aromatic carbocycles. The van der Waals surface area contributed by atoms with Crippen molar-refractivity contribution in [1.29, 1.82) is 0 Å². The van der Waals surface area contributed by atoms with Gasteiger partial charge in [-0.25, -0.2) is 13.0 Å². The molecule has 2 aromatic rings. The SMILES string of the molecule is [B-][N+]12CCC(CC1)C(O)(CCC(=S)Cc1nc3ccccc3n1C)C2. The molecular weight excluding hydrogens is 329 g/mol. The maximum Gasteiger partial charge on any atom is 0.114 e. The zero-order valence-electron chi connectivity index (χ0n) is 14.8. The normalized spacial score (nSPS) is 31.6. The van der Waals surface area contributed by atoms with Gasteiger partial charge in [0.1, 0.15) is 11.4 Å². The molecule has 3 aliphatic heterocycles. The van der Waals surface area contributed by atoms with Crippen molar-refractivity contribution in [3.05, 3.63) is 30.1 Å². The Bertz CT molecular complexity index is 812. The number of fused-ring (bicyclic) bond motifs is 4. The lowest BCUT2D eigenvalue weighted by Crippen LogP contribution is -2.68. The Labute approximate surface area is 155 Å². The van der Waals surface area contributed by atoms with Crippen LogP contribution in [0.5, 0.6) is 0 Å². The van der Waals surface area contributed by atoms with Crippen molar-refractivity contribution in [3.63, 3.8) is 0 Å². The molecule has 0 aliphatic carbocycles. The highest BCUT2D eigenvalue weighted by atomic mass is 32.1. The molecule has 131 valence electrons. The van der Waals surface area contributed by atoms with E-state index < -0.39 is 5.60 Å². The van der Waals surface area contributed by atoms with Crippen LogP contribution in [0, 0.1) is 5.92 Å². The Hall–Kier alpha value is -1.24. The van der Waals surface area contributed by atoms with E-state index >= 15 is 0 Å². The topological polar surface area (TPSA) is 38.1 Å². The summed E-state index contributed by atoms with van der Waals surface area (Å²) in [4.78, 5) is 5.67. The van der Waals surface area contributed by atoms with Crippen LogP contribution in [0.25, 0.3) is 11.0 Å². The van der Waals surface area contributed by atoms with E-state index in [9.17, 15) is 5.11 Å². The maximum absolute atomic E-state index is 11.1. The van der Waals surface area contributed by atoms with Crippen LogP contribution in [0.3, 0.4) is 0 Å². The Morgan fingerprint density at radius 3 is 2.80 bits per heavy atom. The second-order valence-corrected chi connectivity index (χ2v) is 8.57. The van der Waals surface area contributed by atoms with Crippen LogP contribution in [0.15, 0.2) is 24.3 Å². The quantitative estimate of drug-likeness (QED) is 0.662. The van der Waals surface area contributed by atoms with Crippen molar-refractivity contribution >= 4 is 36.1 Å². The molecule has 1 atom stereocenters. The van der Waals surface area contributed by atoms with Crippen molar-refractivity contribution in [2.24, 2.45) is 13.0 Å². The molecule has 4 heterocycles. The zero-order valence-corrected chi connectivity index (χ0v) is 15.6. The second kappa shape index (κ2) is 6.18. The number of aromatic nitrogens is 2. The van der Waals surface area contributed by atoms with Gasteiger partial charge in [0.15, 0.2) is 0 Å². The molecule has 0 spiro atoms. The van der Waals surface area contributed by atoms with Crippen LogP contribution in [0.4, 0.5) is 0 Å². The van der Waals surface area contributed by atoms with Crippen molar-refractivity contribution in [2.75, 3.05) is 19.6 Å². The van der Waals surface area contributed by atoms with E-state index in [0.29, 0.717) is 23.3 Å². The lowest BCUT2D eigenvalue weighted by atomic mass is 9.69. The first-order chi connectivity index (χ1) is 11.9. The second-order valence-electron chi connectivity index (χ2n) is 7.99. The van der Waals surface area contributed by atoms with E-state index in [1.165, 1.54) is 0 Å². The number of thiocarbonyl (C=S) groups is 1. The number of aliphatic hydroxyl groups is 1. The van der Waals surface area contributed by atoms with E-state index in [2.05, 4.69) is 10.6 Å². The summed E-state index contributed by atoms with van der Waals surface area (Å²) in [5, 5.41) is 11.1. The first-order valence-electron chi connectivity index (χ1n) is 9.18. The van der Waals surface area contributed by atoms with Crippen molar-refractivity contribution in [2.45, 2.75) is 37.7 Å². The summed E-state index contributed by atoms with van der Waals surface area (Å²) in [6.45, 7) is 2.67. The summed E-state index contributed by atoms with van der Waals surface area (Å²) in [5.41, 5.74) is 1.49. The van der Waals surface area contributed by atoms with E-state index in [1.54, 1.807) is 0 Å². The summed E-state index contributed by atoms with van der Waals surface area (Å²) >= 11 is 5.63. The van der Waals surface area contributed by atoms with Crippen LogP contribution >= 0.6 is 12.2 Å². The van der Waals surface area contributed by atoms with Gasteiger partial charge in [-0.2, -0.15) is 0 Å². The summed E-state index contributed by atoms with van der Waals surface area (Å²) < 4.78 is 2.65. The molecule has 3 fully saturated rings. The summed E-state index contributed by atoms with van der Waals surface area (Å²) in [7, 11) is 8.43. The average molecular weight is 354 g/mol. The third-order valence-electron chi connectivity index (χ3n) is 6.27. The first kappa shape index (κ1) is 17.2. The molecular formula is C19H25BN3OS. The first-order valence-corrected chi connectivity index (χ1v) is 9.58. The zero-order chi connectivity index (χ0) is 17.7. The number of benzene rings is 1. The summed E-state index contributed by atoms with van der Waals surface area (Å²) in [6.07, 6.45) is 4.22. The molecule has 1 unspecified atom stereocenters. The van der Waals surface area contributed by atoms with Gasteiger partial charge in [-0.15, -0.1) is 0 Å². The van der Waals surface area contributed by atoms with Gasteiger partial charge >= 0.3 is 0 Å². The van der Waals surface area contributed by atoms with Crippen LogP contribution in [0.2, 0.25) is 0 Å². The van der Waals surface area contributed by atoms with Gasteiger partial charge in [0, 0.05) is 37.3 Å². The van der Waals surface area contributed by atoms with Crippen molar-refractivity contribution in [3.8, 4) is 0 Å². The summed E-state index contributed by atoms with van der Waals surface area (Å²) in [5.74, 6) is 1.38. The van der Waals surface area contributed by atoms with Gasteiger partial charge in [0.2, 0.25) is 0 Å². The molecule has 25 heavy (non-hydrogen) atoms. The number of aryl methyl sites for hydroxylation is 1. The highest BCUT2D eigenvalue weighted by molar-refractivity contribution is 7.80. The highest BCUT2D eigenvalue weighted by Gasteiger charge is 2.47. The largest absolute Gasteiger partial charge is 0.586 e. The smallest absolute Gasteiger partial charge is 0.114 e. The molecule has 5 rings (SSSR count). The highest BCUT2D eigenvalue weighted by Crippen LogP contribution is 2.41. The molecule has 3 saturated heterocycles. The van der Waals surface area contributed by atoms with Gasteiger partial charge < -0.3 is 14.1 Å². The number of imidazole rings is 1. The van der Waals surface area contributed by atoms with Gasteiger partial charge in [-0.1, -0.05) is 24.4 Å². The molecule has 3 radical (unpaired) electrons. The fourth-order valence-corrected chi connectivity index (χ4v) is 4.94. The lowest BCUT2D eigenvalue weighted by Gasteiger charge is -2.64. The number of nitrogens with zero attached hydrogens (tertiary/aromatic N) is 3. The minimum atomic E-state index is -0.651. The number of piperidine rings is 3. The Kier molecular flexibility index (Phi) is 4.25. The fourth-order valence-electron chi connectivity index (χ4n) is 4.71. The minimum Gasteiger partial charge on any atom is -0.586 e. The van der Waals surface area contributed by atoms with Crippen molar-refractivity contribution < 1.29 is 9.50 Å². The maximum atomic E-state index is 11.1. The predicted octanol–water partition coefficient (Wildman–Crippen LogP) is 2.32. The third kappa shape index (κ3) is 3.16. The van der Waals surface area contributed by atoms with Gasteiger partial charge in [-0.3, -0.25) is 0 Å². The monoisotopic (exact) mass is 354 g/mol. The number of hydrogen-bond acceptors (Lipinski definition) is 3. The molecule has 1 aromatic heterocycles. The lowest BCUT2D eigenvalue weighted by molar-refractivity contribution is -0.846. The van der Waals surface area contributed by atoms with E-state index in [1.807, 2.05) is 25.2 Å². The fraction of sp³-hybridized carbons (Fsp3) is 0.579. The predicted molar refractivity (Wildman–Crippen MR) is 105 cm³/mol. The van der Waals surface area contributed by atoms with Crippen molar-refractivity contribution in [1.82, 2.24) is 9.55 Å². The number of rotatable bonds is 5. The number of hydrogen-bond donors (Lipinski definition) is 1. The summed E-state index contributed by atoms with van der Waals surface area (Å²) in [6, 6.07) is 8.14. The Balaban J connectivity index is 1.41. The van der Waals surface area contributed by atoms with Crippen LogP contribution < -0.4 is 0 Å². The molecule has 4 nitrogen and oxygen atoms in total. The average Bonchev–Trinajstić information content (AvgIpc) is 2.89. The van der Waals surface area contributed by atoms with Crippen LogP contribution in [0.1, 0.15) is 31.5 Å². The molecule has 0 saturated carbocycles. The van der Waals surface area contributed by atoms with Crippen LogP contribution in [-0.4, -0.2) is 57.1 Å².